The average molecular weight is 338 g/mol. The highest BCUT2D eigenvalue weighted by Crippen LogP contribution is 2.27. The van der Waals surface area contributed by atoms with Gasteiger partial charge >= 0.3 is 5.97 Å². The number of hydrogen-bond acceptors (Lipinski definition) is 5. The van der Waals surface area contributed by atoms with E-state index in [1.807, 2.05) is 30.3 Å². The number of rotatable bonds is 5. The molecule has 3 rings (SSSR count). The lowest BCUT2D eigenvalue weighted by molar-refractivity contribution is 0.0389. The van der Waals surface area contributed by atoms with E-state index in [-0.39, 0.29) is 23.2 Å². The van der Waals surface area contributed by atoms with Gasteiger partial charge in [-0.1, -0.05) is 36.4 Å². The monoisotopic (exact) mass is 338 g/mol. The summed E-state index contributed by atoms with van der Waals surface area (Å²) in [5, 5.41) is 0.360. The Hall–Kier alpha value is -2.92. The maximum absolute atomic E-state index is 12.7. The minimum absolute atomic E-state index is 0.132. The Bertz CT molecular complexity index is 957. The molecule has 5 heteroatoms. The van der Waals surface area contributed by atoms with Gasteiger partial charge in [0.25, 0.3) is 0 Å². The molecule has 0 aliphatic carbocycles. The lowest BCUT2D eigenvalue weighted by Gasteiger charge is -2.10. The Labute approximate surface area is 144 Å². The van der Waals surface area contributed by atoms with Crippen LogP contribution in [0.3, 0.4) is 0 Å². The third-order valence-electron chi connectivity index (χ3n) is 3.92. The fourth-order valence-corrected chi connectivity index (χ4v) is 2.63. The third-order valence-corrected chi connectivity index (χ3v) is 3.92. The highest BCUT2D eigenvalue weighted by Gasteiger charge is 2.19. The van der Waals surface area contributed by atoms with E-state index >= 15 is 0 Å². The van der Waals surface area contributed by atoms with Crippen molar-refractivity contribution in [2.75, 3.05) is 20.3 Å². The Kier molecular flexibility index (Phi) is 4.95. The maximum atomic E-state index is 12.7. The van der Waals surface area contributed by atoms with Crippen molar-refractivity contribution in [3.63, 3.8) is 0 Å². The molecular weight excluding hydrogens is 320 g/mol. The van der Waals surface area contributed by atoms with Gasteiger partial charge in [-0.2, -0.15) is 0 Å². The molecule has 0 bridgehead atoms. The molecule has 0 fully saturated rings. The number of esters is 1. The SMILES string of the molecule is COCCOC(=O)c1cccc2c(=O)c(C)c(-c3ccccc3)oc12. The molecule has 1 aromatic heterocycles. The first kappa shape index (κ1) is 16.9. The fourth-order valence-electron chi connectivity index (χ4n) is 2.63. The normalized spacial score (nSPS) is 10.8. The van der Waals surface area contributed by atoms with Crippen molar-refractivity contribution in [1.29, 1.82) is 0 Å². The maximum Gasteiger partial charge on any atom is 0.342 e. The molecular formula is C20H18O5. The van der Waals surface area contributed by atoms with Crippen molar-refractivity contribution in [2.24, 2.45) is 0 Å². The molecule has 0 saturated heterocycles. The molecule has 3 aromatic rings. The lowest BCUT2D eigenvalue weighted by Crippen LogP contribution is -2.13. The van der Waals surface area contributed by atoms with E-state index in [0.29, 0.717) is 23.3 Å². The first-order chi connectivity index (χ1) is 12.1. The van der Waals surface area contributed by atoms with Crippen LogP contribution >= 0.6 is 0 Å². The van der Waals surface area contributed by atoms with Gasteiger partial charge in [-0.15, -0.1) is 0 Å². The van der Waals surface area contributed by atoms with Crippen molar-refractivity contribution in [1.82, 2.24) is 0 Å². The van der Waals surface area contributed by atoms with Gasteiger partial charge in [0.2, 0.25) is 0 Å². The van der Waals surface area contributed by atoms with Gasteiger partial charge in [0.1, 0.15) is 17.9 Å². The van der Waals surface area contributed by atoms with Gasteiger partial charge in [0.15, 0.2) is 11.0 Å². The van der Waals surface area contributed by atoms with Crippen LogP contribution in [0.1, 0.15) is 15.9 Å². The summed E-state index contributed by atoms with van der Waals surface area (Å²) in [6, 6.07) is 14.2. The van der Waals surface area contributed by atoms with Crippen molar-refractivity contribution in [2.45, 2.75) is 6.92 Å². The van der Waals surface area contributed by atoms with E-state index in [0.717, 1.165) is 5.56 Å². The lowest BCUT2D eigenvalue weighted by atomic mass is 10.0. The van der Waals surface area contributed by atoms with Crippen LogP contribution in [-0.4, -0.2) is 26.3 Å². The summed E-state index contributed by atoms with van der Waals surface area (Å²) in [7, 11) is 1.53. The second-order valence-electron chi connectivity index (χ2n) is 5.56. The number of ether oxygens (including phenoxy) is 2. The number of carbonyl (C=O) groups excluding carboxylic acids is 1. The molecule has 128 valence electrons. The molecule has 0 N–H and O–H groups in total. The van der Waals surface area contributed by atoms with Crippen molar-refractivity contribution >= 4 is 16.9 Å². The topological polar surface area (TPSA) is 65.7 Å². The number of hydrogen-bond donors (Lipinski definition) is 0. The predicted octanol–water partition coefficient (Wildman–Crippen LogP) is 3.57. The zero-order chi connectivity index (χ0) is 17.8. The first-order valence-electron chi connectivity index (χ1n) is 7.91. The van der Waals surface area contributed by atoms with Gasteiger partial charge in [-0.3, -0.25) is 4.79 Å². The van der Waals surface area contributed by atoms with Crippen molar-refractivity contribution < 1.29 is 18.7 Å². The summed E-state index contributed by atoms with van der Waals surface area (Å²) in [4.78, 5) is 25.1. The summed E-state index contributed by atoms with van der Waals surface area (Å²) >= 11 is 0. The van der Waals surface area contributed by atoms with Gasteiger partial charge in [-0.05, 0) is 19.1 Å². The molecule has 0 unspecified atom stereocenters. The Morgan fingerprint density at radius 3 is 2.52 bits per heavy atom. The number of para-hydroxylation sites is 1. The molecule has 2 aromatic carbocycles. The zero-order valence-corrected chi connectivity index (χ0v) is 14.1. The van der Waals surface area contributed by atoms with E-state index in [9.17, 15) is 9.59 Å². The van der Waals surface area contributed by atoms with E-state index in [4.69, 9.17) is 13.9 Å². The van der Waals surface area contributed by atoms with Crippen LogP contribution in [0.4, 0.5) is 0 Å². The van der Waals surface area contributed by atoms with Crippen molar-refractivity contribution in [3.05, 3.63) is 69.9 Å². The van der Waals surface area contributed by atoms with Crippen LogP contribution < -0.4 is 5.43 Å². The van der Waals surface area contributed by atoms with Gasteiger partial charge in [0, 0.05) is 18.2 Å². The minimum atomic E-state index is -0.548. The largest absolute Gasteiger partial charge is 0.460 e. The van der Waals surface area contributed by atoms with Crippen molar-refractivity contribution in [3.8, 4) is 11.3 Å². The van der Waals surface area contributed by atoms with Gasteiger partial charge < -0.3 is 13.9 Å². The number of carbonyl (C=O) groups is 1. The highest BCUT2D eigenvalue weighted by molar-refractivity contribution is 6.02. The summed E-state index contributed by atoms with van der Waals surface area (Å²) in [6.07, 6.45) is 0. The smallest absolute Gasteiger partial charge is 0.342 e. The number of fused-ring (bicyclic) bond motifs is 1. The molecule has 25 heavy (non-hydrogen) atoms. The first-order valence-corrected chi connectivity index (χ1v) is 7.91. The van der Waals surface area contributed by atoms with E-state index < -0.39 is 5.97 Å². The zero-order valence-electron chi connectivity index (χ0n) is 14.1. The van der Waals surface area contributed by atoms with E-state index in [2.05, 4.69) is 0 Å². The van der Waals surface area contributed by atoms with Crippen LogP contribution in [0, 0.1) is 6.92 Å². The second kappa shape index (κ2) is 7.32. The van der Waals surface area contributed by atoms with E-state index in [1.54, 1.807) is 25.1 Å². The molecule has 0 atom stereocenters. The van der Waals surface area contributed by atoms with Crippen LogP contribution in [-0.2, 0) is 9.47 Å². The number of methoxy groups -OCH3 is 1. The van der Waals surface area contributed by atoms with Crippen LogP contribution in [0.2, 0.25) is 0 Å². The van der Waals surface area contributed by atoms with Crippen LogP contribution in [0.15, 0.2) is 57.7 Å². The highest BCUT2D eigenvalue weighted by atomic mass is 16.6. The summed E-state index contributed by atoms with van der Waals surface area (Å²) in [6.45, 7) is 2.15. The predicted molar refractivity (Wildman–Crippen MR) is 94.8 cm³/mol. The Balaban J connectivity index is 2.16. The quantitative estimate of drug-likeness (QED) is 0.525. The Morgan fingerprint density at radius 1 is 1.04 bits per heavy atom. The summed E-state index contributed by atoms with van der Waals surface area (Å²) in [5.41, 5.74) is 1.58. The molecule has 0 spiro atoms. The Morgan fingerprint density at radius 2 is 1.80 bits per heavy atom. The molecule has 0 amide bonds. The fraction of sp³-hybridized carbons (Fsp3) is 0.200. The molecule has 0 aliphatic rings. The standard InChI is InChI=1S/C20H18O5/c1-13-17(21)15-9-6-10-16(20(22)24-12-11-23-2)19(15)25-18(13)14-7-4-3-5-8-14/h3-10H,11-12H2,1-2H3. The second-order valence-corrected chi connectivity index (χ2v) is 5.56. The summed E-state index contributed by atoms with van der Waals surface area (Å²) in [5.74, 6) is -0.0936. The average Bonchev–Trinajstić information content (AvgIpc) is 2.65. The minimum Gasteiger partial charge on any atom is -0.460 e. The van der Waals surface area contributed by atoms with Gasteiger partial charge in [0.05, 0.1) is 12.0 Å². The molecule has 0 aliphatic heterocycles. The third kappa shape index (κ3) is 3.32. The van der Waals surface area contributed by atoms with Crippen LogP contribution in [0.5, 0.6) is 0 Å². The molecule has 1 heterocycles. The van der Waals surface area contributed by atoms with Gasteiger partial charge in [-0.25, -0.2) is 4.79 Å². The molecule has 0 radical (unpaired) electrons. The van der Waals surface area contributed by atoms with E-state index in [1.165, 1.54) is 7.11 Å². The molecule has 5 nitrogen and oxygen atoms in total. The van der Waals surface area contributed by atoms with Crippen LogP contribution in [0.25, 0.3) is 22.3 Å². The summed E-state index contributed by atoms with van der Waals surface area (Å²) < 4.78 is 16.0. The molecule has 0 saturated carbocycles. The number of benzene rings is 2.